The largest absolute Gasteiger partial charge is 0.380 e. The van der Waals surface area contributed by atoms with Crippen molar-refractivity contribution in [3.8, 4) is 0 Å². The molecule has 0 aliphatic heterocycles. The number of hydrogen-bond donors (Lipinski definition) is 1. The van der Waals surface area contributed by atoms with Gasteiger partial charge < -0.3 is 15.4 Å². The molecule has 0 spiro atoms. The van der Waals surface area contributed by atoms with E-state index in [1.165, 1.54) is 0 Å². The third-order valence-corrected chi connectivity index (χ3v) is 2.77. The molecule has 0 saturated carbocycles. The highest BCUT2D eigenvalue weighted by Crippen LogP contribution is 2.03. The minimum Gasteiger partial charge on any atom is -0.380 e. The van der Waals surface area contributed by atoms with E-state index in [0.717, 1.165) is 5.56 Å². The molecule has 1 aromatic rings. The fourth-order valence-corrected chi connectivity index (χ4v) is 1.69. The monoisotopic (exact) mass is 250 g/mol. The van der Waals surface area contributed by atoms with Crippen LogP contribution < -0.4 is 5.73 Å². The number of hydrogen-bond acceptors (Lipinski definition) is 3. The summed E-state index contributed by atoms with van der Waals surface area (Å²) in [5, 5.41) is 0. The summed E-state index contributed by atoms with van der Waals surface area (Å²) >= 11 is 0. The number of carbonyl (C=O) groups is 1. The van der Waals surface area contributed by atoms with Gasteiger partial charge in [-0.1, -0.05) is 30.3 Å². The molecule has 1 rings (SSSR count). The summed E-state index contributed by atoms with van der Waals surface area (Å²) in [6.45, 7) is 3.73. The molecule has 100 valence electrons. The molecule has 0 radical (unpaired) electrons. The van der Waals surface area contributed by atoms with Crippen LogP contribution in [-0.4, -0.2) is 43.7 Å². The maximum Gasteiger partial charge on any atom is 0.239 e. The lowest BCUT2D eigenvalue weighted by atomic mass is 10.1. The van der Waals surface area contributed by atoms with Gasteiger partial charge in [0.1, 0.15) is 0 Å². The summed E-state index contributed by atoms with van der Waals surface area (Å²) in [6, 6.07) is 9.32. The summed E-state index contributed by atoms with van der Waals surface area (Å²) in [7, 11) is 1.76. The number of benzene rings is 1. The van der Waals surface area contributed by atoms with Crippen molar-refractivity contribution in [2.75, 3.05) is 26.8 Å². The Morgan fingerprint density at radius 2 is 2.06 bits per heavy atom. The molecule has 0 aromatic heterocycles. The van der Waals surface area contributed by atoms with Crippen molar-refractivity contribution < 1.29 is 9.53 Å². The second-order valence-electron chi connectivity index (χ2n) is 4.25. The van der Waals surface area contributed by atoms with Crippen LogP contribution in [0.25, 0.3) is 0 Å². The van der Waals surface area contributed by atoms with Gasteiger partial charge in [-0.3, -0.25) is 4.79 Å². The molecule has 1 aromatic carbocycles. The molecule has 4 heteroatoms. The number of amides is 1. The van der Waals surface area contributed by atoms with E-state index in [2.05, 4.69) is 0 Å². The molecule has 1 atom stereocenters. The number of carbonyl (C=O) groups excluding carboxylic acids is 1. The third-order valence-electron chi connectivity index (χ3n) is 2.77. The maximum atomic E-state index is 12.0. The molecule has 2 N–H and O–H groups in total. The Kier molecular flexibility index (Phi) is 6.39. The molecule has 1 amide bonds. The fraction of sp³-hybridized carbons (Fsp3) is 0.500. The molecule has 0 bridgehead atoms. The molecule has 1 unspecified atom stereocenters. The highest BCUT2D eigenvalue weighted by Gasteiger charge is 2.17. The van der Waals surface area contributed by atoms with Crippen LogP contribution in [0.5, 0.6) is 0 Å². The van der Waals surface area contributed by atoms with Gasteiger partial charge in [0, 0.05) is 20.2 Å². The second-order valence-corrected chi connectivity index (χ2v) is 4.25. The molecular formula is C14H22N2O2. The first-order valence-electron chi connectivity index (χ1n) is 6.27. The highest BCUT2D eigenvalue weighted by atomic mass is 16.5. The van der Waals surface area contributed by atoms with Gasteiger partial charge in [-0.25, -0.2) is 0 Å². The van der Waals surface area contributed by atoms with Crippen molar-refractivity contribution in [3.63, 3.8) is 0 Å². The van der Waals surface area contributed by atoms with Crippen LogP contribution in [-0.2, 0) is 16.0 Å². The van der Waals surface area contributed by atoms with E-state index in [0.29, 0.717) is 26.2 Å². The van der Waals surface area contributed by atoms with E-state index in [1.54, 1.807) is 11.9 Å². The van der Waals surface area contributed by atoms with Crippen LogP contribution in [0.15, 0.2) is 30.3 Å². The Labute approximate surface area is 109 Å². The second kappa shape index (κ2) is 7.84. The smallest absolute Gasteiger partial charge is 0.239 e. The van der Waals surface area contributed by atoms with Gasteiger partial charge in [0.15, 0.2) is 0 Å². The number of likely N-dealkylation sites (N-methyl/N-ethyl adjacent to an activating group) is 1. The molecule has 0 aliphatic carbocycles. The minimum atomic E-state index is -0.487. The van der Waals surface area contributed by atoms with E-state index in [9.17, 15) is 4.79 Å². The number of nitrogens with zero attached hydrogens (tertiary/aromatic N) is 1. The topological polar surface area (TPSA) is 55.6 Å². The van der Waals surface area contributed by atoms with E-state index in [-0.39, 0.29) is 5.91 Å². The number of ether oxygens (including phenoxy) is 1. The first kappa shape index (κ1) is 14.7. The van der Waals surface area contributed by atoms with Crippen molar-refractivity contribution in [1.82, 2.24) is 4.90 Å². The van der Waals surface area contributed by atoms with Crippen molar-refractivity contribution in [2.24, 2.45) is 5.73 Å². The average molecular weight is 250 g/mol. The van der Waals surface area contributed by atoms with Crippen LogP contribution in [0.3, 0.4) is 0 Å². The molecule has 0 fully saturated rings. The van der Waals surface area contributed by atoms with Crippen molar-refractivity contribution in [3.05, 3.63) is 35.9 Å². The summed E-state index contributed by atoms with van der Waals surface area (Å²) < 4.78 is 5.22. The predicted molar refractivity (Wildman–Crippen MR) is 72.3 cm³/mol. The molecule has 18 heavy (non-hydrogen) atoms. The third kappa shape index (κ3) is 4.85. The van der Waals surface area contributed by atoms with E-state index >= 15 is 0 Å². The first-order valence-corrected chi connectivity index (χ1v) is 6.27. The number of rotatable bonds is 7. The zero-order valence-corrected chi connectivity index (χ0v) is 11.1. The van der Waals surface area contributed by atoms with Crippen LogP contribution in [0.4, 0.5) is 0 Å². The van der Waals surface area contributed by atoms with Crippen LogP contribution in [0, 0.1) is 0 Å². The molecule has 0 heterocycles. The van der Waals surface area contributed by atoms with Crippen molar-refractivity contribution >= 4 is 5.91 Å². The number of nitrogens with two attached hydrogens (primary N) is 1. The van der Waals surface area contributed by atoms with Gasteiger partial charge in [0.2, 0.25) is 5.91 Å². The van der Waals surface area contributed by atoms with Gasteiger partial charge in [0.25, 0.3) is 0 Å². The zero-order chi connectivity index (χ0) is 13.4. The van der Waals surface area contributed by atoms with E-state index in [4.69, 9.17) is 10.5 Å². The first-order chi connectivity index (χ1) is 8.65. The average Bonchev–Trinajstić information content (AvgIpc) is 2.39. The lowest BCUT2D eigenvalue weighted by molar-refractivity contribution is -0.131. The normalized spacial score (nSPS) is 12.2. The SMILES string of the molecule is CCOCCN(C)C(=O)C(N)Cc1ccccc1. The zero-order valence-electron chi connectivity index (χ0n) is 11.1. The van der Waals surface area contributed by atoms with E-state index < -0.39 is 6.04 Å². The Morgan fingerprint density at radius 1 is 1.39 bits per heavy atom. The van der Waals surface area contributed by atoms with Crippen LogP contribution in [0.1, 0.15) is 12.5 Å². The predicted octanol–water partition coefficient (Wildman–Crippen LogP) is 1.05. The van der Waals surface area contributed by atoms with Gasteiger partial charge in [0.05, 0.1) is 12.6 Å². The Morgan fingerprint density at radius 3 is 2.67 bits per heavy atom. The van der Waals surface area contributed by atoms with Gasteiger partial charge in [-0.05, 0) is 18.9 Å². The van der Waals surface area contributed by atoms with Gasteiger partial charge in [-0.2, -0.15) is 0 Å². The summed E-state index contributed by atoms with van der Waals surface area (Å²) in [5.41, 5.74) is 7.00. The van der Waals surface area contributed by atoms with Crippen molar-refractivity contribution in [2.45, 2.75) is 19.4 Å². The molecule has 0 saturated heterocycles. The molecular weight excluding hydrogens is 228 g/mol. The van der Waals surface area contributed by atoms with Gasteiger partial charge in [-0.15, -0.1) is 0 Å². The minimum absolute atomic E-state index is 0.0430. The van der Waals surface area contributed by atoms with E-state index in [1.807, 2.05) is 37.3 Å². The Hall–Kier alpha value is -1.39. The molecule has 4 nitrogen and oxygen atoms in total. The fourth-order valence-electron chi connectivity index (χ4n) is 1.69. The molecule has 0 aliphatic rings. The quantitative estimate of drug-likeness (QED) is 0.736. The summed E-state index contributed by atoms with van der Waals surface area (Å²) in [4.78, 5) is 13.6. The lowest BCUT2D eigenvalue weighted by Gasteiger charge is -2.21. The van der Waals surface area contributed by atoms with Crippen LogP contribution >= 0.6 is 0 Å². The summed E-state index contributed by atoms with van der Waals surface area (Å²) in [5.74, 6) is -0.0430. The highest BCUT2D eigenvalue weighted by molar-refractivity contribution is 5.81. The lowest BCUT2D eigenvalue weighted by Crippen LogP contribution is -2.44. The Balaban J connectivity index is 2.41. The van der Waals surface area contributed by atoms with Gasteiger partial charge >= 0.3 is 0 Å². The standard InChI is InChI=1S/C14H22N2O2/c1-3-18-10-9-16(2)14(17)13(15)11-12-7-5-4-6-8-12/h4-8,13H,3,9-11,15H2,1-2H3. The maximum absolute atomic E-state index is 12.0. The van der Waals surface area contributed by atoms with Crippen molar-refractivity contribution in [1.29, 1.82) is 0 Å². The van der Waals surface area contributed by atoms with Crippen LogP contribution in [0.2, 0.25) is 0 Å². The Bertz CT molecular complexity index is 354. The summed E-state index contributed by atoms with van der Waals surface area (Å²) in [6.07, 6.45) is 0.568.